The van der Waals surface area contributed by atoms with E-state index in [-0.39, 0.29) is 6.09 Å². The van der Waals surface area contributed by atoms with Gasteiger partial charge in [-0.3, -0.25) is 4.99 Å². The number of fused-ring (bicyclic) bond motifs is 1. The van der Waals surface area contributed by atoms with Gasteiger partial charge in [-0.05, 0) is 39.8 Å². The van der Waals surface area contributed by atoms with Crippen LogP contribution in [0.25, 0.3) is 0 Å². The molecule has 0 aliphatic carbocycles. The molecule has 2 aliphatic rings. The Balaban J connectivity index is 1.89. The van der Waals surface area contributed by atoms with E-state index in [0.717, 1.165) is 25.9 Å². The summed E-state index contributed by atoms with van der Waals surface area (Å²) in [6.07, 6.45) is 3.79. The highest BCUT2D eigenvalue weighted by atomic mass is 16.6. The topological polar surface area (TPSA) is 41.9 Å². The lowest BCUT2D eigenvalue weighted by Gasteiger charge is -2.35. The van der Waals surface area contributed by atoms with Crippen LogP contribution in [-0.4, -0.2) is 41.9 Å². The van der Waals surface area contributed by atoms with E-state index in [1.807, 2.05) is 31.9 Å². The van der Waals surface area contributed by atoms with Crippen LogP contribution in [0.1, 0.15) is 33.6 Å². The largest absolute Gasteiger partial charge is 0.444 e. The lowest BCUT2D eigenvalue weighted by Crippen LogP contribution is -2.46. The number of rotatable bonds is 0. The van der Waals surface area contributed by atoms with Crippen molar-refractivity contribution in [2.45, 2.75) is 45.3 Å². The zero-order chi connectivity index (χ0) is 11.8. The minimum absolute atomic E-state index is 0.183. The second-order valence-electron chi connectivity index (χ2n) is 5.61. The zero-order valence-electron chi connectivity index (χ0n) is 10.3. The van der Waals surface area contributed by atoms with E-state index in [9.17, 15) is 4.79 Å². The molecular weight excluding hydrogens is 204 g/mol. The molecule has 2 unspecified atom stereocenters. The molecule has 2 rings (SSSR count). The molecule has 2 aliphatic heterocycles. The maximum Gasteiger partial charge on any atom is 0.410 e. The number of hydrogen-bond donors (Lipinski definition) is 0. The first-order valence-corrected chi connectivity index (χ1v) is 5.95. The van der Waals surface area contributed by atoms with Gasteiger partial charge >= 0.3 is 6.09 Å². The predicted octanol–water partition coefficient (Wildman–Crippen LogP) is 2.09. The summed E-state index contributed by atoms with van der Waals surface area (Å²) in [6.45, 7) is 7.26. The van der Waals surface area contributed by atoms with Gasteiger partial charge in [-0.25, -0.2) is 4.79 Å². The van der Waals surface area contributed by atoms with Crippen LogP contribution < -0.4 is 0 Å². The van der Waals surface area contributed by atoms with Crippen LogP contribution in [0.15, 0.2) is 4.99 Å². The molecule has 0 aromatic carbocycles. The first-order valence-electron chi connectivity index (χ1n) is 5.95. The Hall–Kier alpha value is -1.06. The van der Waals surface area contributed by atoms with Crippen LogP contribution in [0.3, 0.4) is 0 Å². The zero-order valence-corrected chi connectivity index (χ0v) is 10.3. The maximum atomic E-state index is 11.9. The molecule has 16 heavy (non-hydrogen) atoms. The SMILES string of the molecule is CC(C)(C)OC(=O)N1CCC2N=CCC2C1. The Bertz CT molecular complexity index is 307. The molecular formula is C12H20N2O2. The number of ether oxygens (including phenoxy) is 1. The third kappa shape index (κ3) is 2.54. The quantitative estimate of drug-likeness (QED) is 0.632. The van der Waals surface area contributed by atoms with Crippen molar-refractivity contribution in [2.24, 2.45) is 10.9 Å². The highest BCUT2D eigenvalue weighted by Gasteiger charge is 2.34. The molecule has 4 nitrogen and oxygen atoms in total. The van der Waals surface area contributed by atoms with Crippen molar-refractivity contribution in [2.75, 3.05) is 13.1 Å². The van der Waals surface area contributed by atoms with Gasteiger partial charge in [0.05, 0.1) is 6.04 Å². The Kier molecular flexibility index (Phi) is 2.91. The Morgan fingerprint density at radius 2 is 2.25 bits per heavy atom. The fourth-order valence-corrected chi connectivity index (χ4v) is 2.27. The summed E-state index contributed by atoms with van der Waals surface area (Å²) in [5, 5.41) is 0. The first kappa shape index (κ1) is 11.4. The van der Waals surface area contributed by atoms with E-state index in [1.54, 1.807) is 0 Å². The van der Waals surface area contributed by atoms with Crippen LogP contribution in [0.4, 0.5) is 4.79 Å². The van der Waals surface area contributed by atoms with Crippen molar-refractivity contribution in [3.05, 3.63) is 0 Å². The molecule has 0 spiro atoms. The summed E-state index contributed by atoms with van der Waals surface area (Å²) in [6, 6.07) is 0.443. The van der Waals surface area contributed by atoms with Gasteiger partial charge in [0.1, 0.15) is 5.60 Å². The van der Waals surface area contributed by atoms with Gasteiger partial charge in [-0.15, -0.1) is 0 Å². The van der Waals surface area contributed by atoms with E-state index < -0.39 is 5.60 Å². The van der Waals surface area contributed by atoms with E-state index in [0.29, 0.717) is 12.0 Å². The van der Waals surface area contributed by atoms with E-state index in [2.05, 4.69) is 4.99 Å². The number of aliphatic imine (C=N–C) groups is 1. The second kappa shape index (κ2) is 4.07. The van der Waals surface area contributed by atoms with Gasteiger partial charge in [0.25, 0.3) is 0 Å². The van der Waals surface area contributed by atoms with Gasteiger partial charge in [0, 0.05) is 19.0 Å². The first-order chi connectivity index (χ1) is 7.46. The number of likely N-dealkylation sites (tertiary alicyclic amines) is 1. The lowest BCUT2D eigenvalue weighted by atomic mass is 9.93. The summed E-state index contributed by atoms with van der Waals surface area (Å²) in [4.78, 5) is 18.1. The standard InChI is InChI=1S/C12H20N2O2/c1-12(2,3)16-11(15)14-7-5-10-9(8-14)4-6-13-10/h6,9-10H,4-5,7-8H2,1-3H3. The third-order valence-corrected chi connectivity index (χ3v) is 3.05. The van der Waals surface area contributed by atoms with Crippen molar-refractivity contribution in [1.82, 2.24) is 4.90 Å². The van der Waals surface area contributed by atoms with Crippen molar-refractivity contribution in [3.63, 3.8) is 0 Å². The molecule has 0 radical (unpaired) electrons. The van der Waals surface area contributed by atoms with Gasteiger partial charge in [0.2, 0.25) is 0 Å². The summed E-state index contributed by atoms with van der Waals surface area (Å²) < 4.78 is 5.37. The molecule has 1 saturated heterocycles. The maximum absolute atomic E-state index is 11.9. The number of amides is 1. The molecule has 0 aromatic heterocycles. The minimum atomic E-state index is -0.403. The highest BCUT2D eigenvalue weighted by Crippen LogP contribution is 2.27. The molecule has 2 atom stereocenters. The average Bonchev–Trinajstić information content (AvgIpc) is 2.61. The van der Waals surface area contributed by atoms with Crippen LogP contribution >= 0.6 is 0 Å². The van der Waals surface area contributed by atoms with Crippen molar-refractivity contribution in [1.29, 1.82) is 0 Å². The predicted molar refractivity (Wildman–Crippen MR) is 62.8 cm³/mol. The molecule has 4 heteroatoms. The molecule has 1 fully saturated rings. The van der Waals surface area contributed by atoms with E-state index in [1.165, 1.54) is 0 Å². The van der Waals surface area contributed by atoms with Crippen LogP contribution in [0.5, 0.6) is 0 Å². The van der Waals surface area contributed by atoms with Crippen LogP contribution in [0.2, 0.25) is 0 Å². The van der Waals surface area contributed by atoms with E-state index in [4.69, 9.17) is 4.74 Å². The molecule has 0 aromatic rings. The highest BCUT2D eigenvalue weighted by molar-refractivity contribution is 5.69. The monoisotopic (exact) mass is 224 g/mol. The van der Waals surface area contributed by atoms with Gasteiger partial charge in [-0.2, -0.15) is 0 Å². The number of carbonyl (C=O) groups excluding carboxylic acids is 1. The van der Waals surface area contributed by atoms with Crippen molar-refractivity contribution in [3.8, 4) is 0 Å². The third-order valence-electron chi connectivity index (χ3n) is 3.05. The van der Waals surface area contributed by atoms with Crippen molar-refractivity contribution >= 4 is 12.3 Å². The Labute approximate surface area is 96.7 Å². The molecule has 0 N–H and O–H groups in total. The van der Waals surface area contributed by atoms with Crippen LogP contribution in [0, 0.1) is 5.92 Å². The lowest BCUT2D eigenvalue weighted by molar-refractivity contribution is 0.0160. The average molecular weight is 224 g/mol. The number of carbonyl (C=O) groups is 1. The molecule has 1 amide bonds. The van der Waals surface area contributed by atoms with Gasteiger partial charge < -0.3 is 9.64 Å². The Morgan fingerprint density at radius 1 is 1.50 bits per heavy atom. The molecule has 90 valence electrons. The molecule has 0 saturated carbocycles. The smallest absolute Gasteiger partial charge is 0.410 e. The minimum Gasteiger partial charge on any atom is -0.444 e. The summed E-state index contributed by atoms with van der Waals surface area (Å²) in [5.74, 6) is 0.515. The Morgan fingerprint density at radius 3 is 2.94 bits per heavy atom. The fourth-order valence-electron chi connectivity index (χ4n) is 2.27. The summed E-state index contributed by atoms with van der Waals surface area (Å²) in [7, 11) is 0. The summed E-state index contributed by atoms with van der Waals surface area (Å²) >= 11 is 0. The van der Waals surface area contributed by atoms with E-state index >= 15 is 0 Å². The van der Waals surface area contributed by atoms with Gasteiger partial charge in [0.15, 0.2) is 0 Å². The summed E-state index contributed by atoms with van der Waals surface area (Å²) in [5.41, 5.74) is -0.403. The molecule has 2 heterocycles. The van der Waals surface area contributed by atoms with Crippen molar-refractivity contribution < 1.29 is 9.53 Å². The van der Waals surface area contributed by atoms with Gasteiger partial charge in [-0.1, -0.05) is 0 Å². The fraction of sp³-hybridized carbons (Fsp3) is 0.833. The number of piperidine rings is 1. The van der Waals surface area contributed by atoms with Crippen LogP contribution in [-0.2, 0) is 4.74 Å². The second-order valence-corrected chi connectivity index (χ2v) is 5.61. The number of nitrogens with zero attached hydrogens (tertiary/aromatic N) is 2. The number of hydrogen-bond acceptors (Lipinski definition) is 3. The molecule has 0 bridgehead atoms. The normalized spacial score (nSPS) is 29.1.